The fraction of sp³-hybridized carbons (Fsp3) is 0.833. The molecule has 0 saturated heterocycles. The van der Waals surface area contributed by atoms with Gasteiger partial charge in [0.2, 0.25) is 0 Å². The molecule has 0 aliphatic carbocycles. The van der Waals surface area contributed by atoms with Crippen LogP contribution in [0.25, 0.3) is 0 Å². The molecule has 0 atom stereocenters. The Kier molecular flexibility index (Phi) is 13.0. The summed E-state index contributed by atoms with van der Waals surface area (Å²) in [6, 6.07) is 0. The van der Waals surface area contributed by atoms with E-state index in [0.29, 0.717) is 13.0 Å². The summed E-state index contributed by atoms with van der Waals surface area (Å²) in [7, 11) is 0. The van der Waals surface area contributed by atoms with E-state index < -0.39 is 5.97 Å². The summed E-state index contributed by atoms with van der Waals surface area (Å²) in [4.78, 5) is 9.70. The topological polar surface area (TPSA) is 63.3 Å². The van der Waals surface area contributed by atoms with Crippen LogP contribution in [0, 0.1) is 0 Å². The summed E-state index contributed by atoms with van der Waals surface area (Å²) < 4.78 is 0. The molecule has 0 aromatic heterocycles. The molecule has 0 fully saturated rings. The summed E-state index contributed by atoms with van der Waals surface area (Å²) >= 11 is 0. The maximum Gasteiger partial charge on any atom is 0.303 e. The van der Waals surface area contributed by atoms with E-state index in [0.717, 1.165) is 0 Å². The van der Waals surface area contributed by atoms with Crippen LogP contribution in [0.1, 0.15) is 26.7 Å². The van der Waals surface area contributed by atoms with E-state index in [1.807, 2.05) is 13.8 Å². The van der Waals surface area contributed by atoms with Crippen LogP contribution in [0.5, 0.6) is 0 Å². The van der Waals surface area contributed by atoms with Gasteiger partial charge in [-0.3, -0.25) is 4.79 Å². The van der Waals surface area contributed by atoms with Gasteiger partial charge in [0.15, 0.2) is 0 Å². The lowest BCUT2D eigenvalue weighted by atomic mass is 10.3. The molecule has 0 bridgehead atoms. The molecule has 0 saturated carbocycles. The van der Waals surface area contributed by atoms with Crippen molar-refractivity contribution in [3.63, 3.8) is 0 Å². The van der Waals surface area contributed by atoms with E-state index in [9.17, 15) is 4.79 Å². The minimum Gasteiger partial charge on any atom is -0.481 e. The van der Waals surface area contributed by atoms with E-state index >= 15 is 0 Å². The molecule has 0 aromatic carbocycles. The van der Waals surface area contributed by atoms with Crippen molar-refractivity contribution in [3.8, 4) is 0 Å². The van der Waals surface area contributed by atoms with Crippen molar-refractivity contribution >= 4 is 5.97 Å². The lowest BCUT2D eigenvalue weighted by Gasteiger charge is -1.86. The zero-order chi connectivity index (χ0) is 7.70. The quantitative estimate of drug-likeness (QED) is 0.599. The molecule has 9 heavy (non-hydrogen) atoms. The highest BCUT2D eigenvalue weighted by Gasteiger charge is 1.91. The minimum absolute atomic E-state index is 0.191. The van der Waals surface area contributed by atoms with Crippen LogP contribution in [0.15, 0.2) is 0 Å². The molecule has 0 aromatic rings. The number of carboxylic acids is 1. The van der Waals surface area contributed by atoms with E-state index in [2.05, 4.69) is 0 Å². The van der Waals surface area contributed by atoms with Gasteiger partial charge in [-0.2, -0.15) is 0 Å². The van der Waals surface area contributed by atoms with Crippen molar-refractivity contribution in [2.75, 3.05) is 6.54 Å². The molecule has 0 spiro atoms. The Morgan fingerprint density at radius 3 is 2.11 bits per heavy atom. The first-order valence-corrected chi connectivity index (χ1v) is 3.19. The molecular weight excluding hydrogens is 118 g/mol. The van der Waals surface area contributed by atoms with Gasteiger partial charge in [-0.15, -0.1) is 0 Å². The van der Waals surface area contributed by atoms with Crippen LogP contribution in [0.4, 0.5) is 0 Å². The fourth-order valence-corrected chi connectivity index (χ4v) is 0.253. The molecule has 3 N–H and O–H groups in total. The number of carboxylic acid groups (broad SMARTS) is 1. The summed E-state index contributed by atoms with van der Waals surface area (Å²) in [5.41, 5.74) is 5.01. The van der Waals surface area contributed by atoms with Crippen molar-refractivity contribution in [1.82, 2.24) is 0 Å². The normalized spacial score (nSPS) is 7.44. The van der Waals surface area contributed by atoms with Crippen molar-refractivity contribution in [1.29, 1.82) is 0 Å². The molecule has 56 valence electrons. The maximum absolute atomic E-state index is 9.70. The zero-order valence-electron chi connectivity index (χ0n) is 6.05. The summed E-state index contributed by atoms with van der Waals surface area (Å²) in [5, 5.41) is 7.99. The van der Waals surface area contributed by atoms with Gasteiger partial charge in [0.1, 0.15) is 0 Å². The molecule has 3 heteroatoms. The lowest BCUT2D eigenvalue weighted by Crippen LogP contribution is -2.02. The molecule has 0 radical (unpaired) electrons. The van der Waals surface area contributed by atoms with Crippen LogP contribution >= 0.6 is 0 Å². The van der Waals surface area contributed by atoms with Crippen LogP contribution in [0.3, 0.4) is 0 Å². The van der Waals surface area contributed by atoms with Gasteiger partial charge in [0.25, 0.3) is 0 Å². The molecule has 0 unspecified atom stereocenters. The second-order valence-corrected chi connectivity index (χ2v) is 1.29. The Hall–Kier alpha value is -0.570. The number of nitrogens with two attached hydrogens (primary N) is 1. The minimum atomic E-state index is -0.773. The summed E-state index contributed by atoms with van der Waals surface area (Å²) in [6.45, 7) is 4.46. The smallest absolute Gasteiger partial charge is 0.303 e. The molecule has 0 aliphatic heterocycles. The molecule has 0 rings (SSSR count). The number of hydrogen-bond acceptors (Lipinski definition) is 2. The third-order valence-corrected chi connectivity index (χ3v) is 0.595. The maximum atomic E-state index is 9.70. The third-order valence-electron chi connectivity index (χ3n) is 0.595. The van der Waals surface area contributed by atoms with Gasteiger partial charge >= 0.3 is 5.97 Å². The van der Waals surface area contributed by atoms with Crippen molar-refractivity contribution < 1.29 is 9.90 Å². The Labute approximate surface area is 55.9 Å². The fourth-order valence-electron chi connectivity index (χ4n) is 0.253. The molecule has 3 nitrogen and oxygen atoms in total. The first kappa shape index (κ1) is 11.3. The highest BCUT2D eigenvalue weighted by molar-refractivity contribution is 5.66. The van der Waals surface area contributed by atoms with Crippen molar-refractivity contribution in [2.45, 2.75) is 26.7 Å². The van der Waals surface area contributed by atoms with Gasteiger partial charge < -0.3 is 10.8 Å². The first-order chi connectivity index (χ1) is 4.27. The molecule has 0 heterocycles. The summed E-state index contributed by atoms with van der Waals surface area (Å²) in [5.74, 6) is -0.773. The third kappa shape index (κ3) is 18.6. The SMILES string of the molecule is CC.NCCCC(=O)O. The van der Waals surface area contributed by atoms with Gasteiger partial charge in [-0.1, -0.05) is 13.8 Å². The van der Waals surface area contributed by atoms with Gasteiger partial charge in [0.05, 0.1) is 0 Å². The highest BCUT2D eigenvalue weighted by atomic mass is 16.4. The first-order valence-electron chi connectivity index (χ1n) is 3.19. The number of carbonyl (C=O) groups is 1. The monoisotopic (exact) mass is 133 g/mol. The second kappa shape index (κ2) is 10.4. The number of rotatable bonds is 3. The largest absolute Gasteiger partial charge is 0.481 e. The number of hydrogen-bond donors (Lipinski definition) is 2. The standard InChI is InChI=1S/C4H9NO2.C2H6/c5-3-1-2-4(6)7;1-2/h1-3,5H2,(H,6,7);1-2H3. The van der Waals surface area contributed by atoms with Crippen LogP contribution < -0.4 is 5.73 Å². The Bertz CT molecular complexity index is 64.1. The van der Waals surface area contributed by atoms with Crippen LogP contribution in [-0.2, 0) is 4.79 Å². The Morgan fingerprint density at radius 1 is 1.56 bits per heavy atom. The van der Waals surface area contributed by atoms with Gasteiger partial charge in [-0.25, -0.2) is 0 Å². The molecular formula is C6H15NO2. The average Bonchev–Trinajstić information content (AvgIpc) is 1.88. The average molecular weight is 133 g/mol. The van der Waals surface area contributed by atoms with E-state index in [1.165, 1.54) is 0 Å². The second-order valence-electron chi connectivity index (χ2n) is 1.29. The highest BCUT2D eigenvalue weighted by Crippen LogP contribution is 1.82. The Morgan fingerprint density at radius 2 is 2.00 bits per heavy atom. The lowest BCUT2D eigenvalue weighted by molar-refractivity contribution is -0.137. The van der Waals surface area contributed by atoms with Gasteiger partial charge in [0, 0.05) is 6.42 Å². The van der Waals surface area contributed by atoms with Crippen LogP contribution in [-0.4, -0.2) is 17.6 Å². The van der Waals surface area contributed by atoms with E-state index in [4.69, 9.17) is 10.8 Å². The molecule has 0 aliphatic rings. The zero-order valence-corrected chi connectivity index (χ0v) is 6.05. The molecule has 0 amide bonds. The van der Waals surface area contributed by atoms with Gasteiger partial charge in [-0.05, 0) is 13.0 Å². The van der Waals surface area contributed by atoms with Crippen molar-refractivity contribution in [2.24, 2.45) is 5.73 Å². The van der Waals surface area contributed by atoms with Crippen molar-refractivity contribution in [3.05, 3.63) is 0 Å². The number of aliphatic carboxylic acids is 1. The van der Waals surface area contributed by atoms with E-state index in [-0.39, 0.29) is 6.42 Å². The predicted molar refractivity (Wildman–Crippen MR) is 37.3 cm³/mol. The summed E-state index contributed by atoms with van der Waals surface area (Å²) in [6.07, 6.45) is 0.770. The van der Waals surface area contributed by atoms with E-state index in [1.54, 1.807) is 0 Å². The predicted octanol–water partition coefficient (Wildman–Crippen LogP) is 0.836. The Balaban J connectivity index is 0. The van der Waals surface area contributed by atoms with Crippen LogP contribution in [0.2, 0.25) is 0 Å².